The molecule has 0 saturated heterocycles. The number of nitrogens with zero attached hydrogens (tertiary/aromatic N) is 1. The molecule has 2 nitrogen and oxygen atoms in total. The number of pyridine rings is 1. The Hall–Kier alpha value is -1.06. The predicted molar refractivity (Wildman–Crippen MR) is 75.5 cm³/mol. The van der Waals surface area contributed by atoms with Gasteiger partial charge < -0.3 is 5.73 Å². The van der Waals surface area contributed by atoms with E-state index in [9.17, 15) is 0 Å². The van der Waals surface area contributed by atoms with Crippen LogP contribution < -0.4 is 5.73 Å². The van der Waals surface area contributed by atoms with E-state index in [0.29, 0.717) is 11.8 Å². The largest absolute Gasteiger partial charge is 0.330 e. The molecule has 0 unspecified atom stereocenters. The first-order chi connectivity index (χ1) is 8.20. The average molecular weight is 246 g/mol. The van der Waals surface area contributed by atoms with Crippen LogP contribution in [0.4, 0.5) is 0 Å². The van der Waals surface area contributed by atoms with Gasteiger partial charge in [0, 0.05) is 10.6 Å². The highest BCUT2D eigenvalue weighted by Crippen LogP contribution is 2.28. The summed E-state index contributed by atoms with van der Waals surface area (Å²) in [7, 11) is 0. The Bertz CT molecular complexity index is 509. The zero-order valence-corrected chi connectivity index (χ0v) is 11.1. The number of para-hydroxylation sites is 1. The quantitative estimate of drug-likeness (QED) is 0.842. The summed E-state index contributed by atoms with van der Waals surface area (Å²) in [5.74, 6) is 0. The molecule has 2 N–H and O–H groups in total. The summed E-state index contributed by atoms with van der Waals surface area (Å²) in [5.41, 5.74) is 8.00. The monoisotopic (exact) mass is 246 g/mol. The van der Waals surface area contributed by atoms with Crippen molar-refractivity contribution in [2.75, 3.05) is 6.54 Å². The van der Waals surface area contributed by atoms with Gasteiger partial charge in [-0.25, -0.2) is 4.98 Å². The first-order valence-corrected chi connectivity index (χ1v) is 6.84. The fourth-order valence-electron chi connectivity index (χ4n) is 1.80. The van der Waals surface area contributed by atoms with Crippen molar-refractivity contribution in [3.8, 4) is 0 Å². The Labute approximate surface area is 107 Å². The van der Waals surface area contributed by atoms with E-state index in [1.165, 1.54) is 10.9 Å². The zero-order chi connectivity index (χ0) is 12.3. The highest BCUT2D eigenvalue weighted by molar-refractivity contribution is 7.99. The van der Waals surface area contributed by atoms with Crippen LogP contribution >= 0.6 is 11.8 Å². The van der Waals surface area contributed by atoms with Gasteiger partial charge in [-0.05, 0) is 30.7 Å². The average Bonchev–Trinajstić information content (AvgIpc) is 2.29. The number of aromatic nitrogens is 1. The Morgan fingerprint density at radius 2 is 2.06 bits per heavy atom. The van der Waals surface area contributed by atoms with Crippen molar-refractivity contribution in [2.24, 2.45) is 5.73 Å². The summed E-state index contributed by atoms with van der Waals surface area (Å²) in [6.07, 6.45) is 0.896. The molecule has 2 rings (SSSR count). The third-order valence-electron chi connectivity index (χ3n) is 2.52. The number of benzene rings is 1. The number of nitrogens with two attached hydrogens (primary N) is 1. The van der Waals surface area contributed by atoms with Gasteiger partial charge in [-0.15, -0.1) is 11.8 Å². The van der Waals surface area contributed by atoms with Crippen molar-refractivity contribution in [3.63, 3.8) is 0 Å². The van der Waals surface area contributed by atoms with Crippen LogP contribution in [-0.2, 0) is 6.42 Å². The minimum Gasteiger partial charge on any atom is -0.330 e. The van der Waals surface area contributed by atoms with Crippen molar-refractivity contribution in [3.05, 3.63) is 35.9 Å². The minimum atomic E-state index is 0.542. The molecule has 0 amide bonds. The molecule has 0 bridgehead atoms. The SMILES string of the molecule is CC(C)Sc1nc2ccccc2cc1CCN. The van der Waals surface area contributed by atoms with Crippen molar-refractivity contribution in [2.45, 2.75) is 30.5 Å². The fraction of sp³-hybridized carbons (Fsp3) is 0.357. The molecule has 17 heavy (non-hydrogen) atoms. The van der Waals surface area contributed by atoms with Gasteiger partial charge in [0.05, 0.1) is 5.52 Å². The number of rotatable bonds is 4. The maximum Gasteiger partial charge on any atom is 0.100 e. The van der Waals surface area contributed by atoms with E-state index >= 15 is 0 Å². The standard InChI is InChI=1S/C14H18N2S/c1-10(2)17-14-12(7-8-15)9-11-5-3-4-6-13(11)16-14/h3-6,9-10H,7-8,15H2,1-2H3. The molecule has 0 aliphatic rings. The van der Waals surface area contributed by atoms with E-state index < -0.39 is 0 Å². The molecule has 1 aromatic heterocycles. The van der Waals surface area contributed by atoms with Gasteiger partial charge in [-0.1, -0.05) is 32.0 Å². The second kappa shape index (κ2) is 5.52. The van der Waals surface area contributed by atoms with Crippen molar-refractivity contribution < 1.29 is 0 Å². The molecular formula is C14H18N2S. The van der Waals surface area contributed by atoms with Gasteiger partial charge in [-0.2, -0.15) is 0 Å². The van der Waals surface area contributed by atoms with Gasteiger partial charge in [0.1, 0.15) is 5.03 Å². The maximum atomic E-state index is 5.67. The lowest BCUT2D eigenvalue weighted by Gasteiger charge is -2.11. The number of fused-ring (bicyclic) bond motifs is 1. The van der Waals surface area contributed by atoms with Crippen LogP contribution in [0.1, 0.15) is 19.4 Å². The second-order valence-corrected chi connectivity index (χ2v) is 5.92. The van der Waals surface area contributed by atoms with Crippen LogP contribution in [0.15, 0.2) is 35.4 Å². The van der Waals surface area contributed by atoms with Crippen molar-refractivity contribution >= 4 is 22.7 Å². The minimum absolute atomic E-state index is 0.542. The topological polar surface area (TPSA) is 38.9 Å². The van der Waals surface area contributed by atoms with Crippen LogP contribution in [0, 0.1) is 0 Å². The molecule has 0 aliphatic heterocycles. The highest BCUT2D eigenvalue weighted by atomic mass is 32.2. The lowest BCUT2D eigenvalue weighted by atomic mass is 10.1. The molecule has 0 aliphatic carbocycles. The third-order valence-corrected chi connectivity index (χ3v) is 3.57. The second-order valence-electron chi connectivity index (χ2n) is 4.35. The first-order valence-electron chi connectivity index (χ1n) is 5.96. The Morgan fingerprint density at radius 3 is 2.76 bits per heavy atom. The molecule has 3 heteroatoms. The van der Waals surface area contributed by atoms with Gasteiger partial charge in [0.25, 0.3) is 0 Å². The molecule has 0 radical (unpaired) electrons. The summed E-state index contributed by atoms with van der Waals surface area (Å²) < 4.78 is 0. The summed E-state index contributed by atoms with van der Waals surface area (Å²) in [4.78, 5) is 4.74. The van der Waals surface area contributed by atoms with Gasteiger partial charge in [0.2, 0.25) is 0 Å². The van der Waals surface area contributed by atoms with Gasteiger partial charge in [-0.3, -0.25) is 0 Å². The van der Waals surface area contributed by atoms with Crippen molar-refractivity contribution in [1.82, 2.24) is 4.98 Å². The molecule has 0 spiro atoms. The highest BCUT2D eigenvalue weighted by Gasteiger charge is 2.08. The summed E-state index contributed by atoms with van der Waals surface area (Å²) >= 11 is 1.81. The van der Waals surface area contributed by atoms with Crippen LogP contribution in [-0.4, -0.2) is 16.8 Å². The van der Waals surface area contributed by atoms with E-state index in [2.05, 4.69) is 32.0 Å². The number of hydrogen-bond donors (Lipinski definition) is 1. The van der Waals surface area contributed by atoms with E-state index in [4.69, 9.17) is 10.7 Å². The summed E-state index contributed by atoms with van der Waals surface area (Å²) in [6.45, 7) is 5.05. The van der Waals surface area contributed by atoms with E-state index in [-0.39, 0.29) is 0 Å². The lowest BCUT2D eigenvalue weighted by Crippen LogP contribution is -2.05. The van der Waals surface area contributed by atoms with Crippen LogP contribution in [0.25, 0.3) is 10.9 Å². The predicted octanol–water partition coefficient (Wildman–Crippen LogP) is 3.24. The molecule has 0 fully saturated rings. The van der Waals surface area contributed by atoms with Gasteiger partial charge >= 0.3 is 0 Å². The van der Waals surface area contributed by atoms with Crippen LogP contribution in [0.3, 0.4) is 0 Å². The smallest absolute Gasteiger partial charge is 0.100 e. The molecule has 1 heterocycles. The lowest BCUT2D eigenvalue weighted by molar-refractivity contribution is 0.919. The summed E-state index contributed by atoms with van der Waals surface area (Å²) in [6, 6.07) is 10.5. The van der Waals surface area contributed by atoms with Crippen molar-refractivity contribution in [1.29, 1.82) is 0 Å². The molecule has 1 aromatic carbocycles. The van der Waals surface area contributed by atoms with Crippen LogP contribution in [0.2, 0.25) is 0 Å². The Morgan fingerprint density at radius 1 is 1.29 bits per heavy atom. The summed E-state index contributed by atoms with van der Waals surface area (Å²) in [5, 5.41) is 2.87. The van der Waals surface area contributed by atoms with E-state index in [0.717, 1.165) is 17.0 Å². The fourth-order valence-corrected chi connectivity index (χ4v) is 2.71. The van der Waals surface area contributed by atoms with Gasteiger partial charge in [0.15, 0.2) is 0 Å². The molecule has 0 saturated carbocycles. The molecular weight excluding hydrogens is 228 g/mol. The van der Waals surface area contributed by atoms with E-state index in [1.54, 1.807) is 0 Å². The number of hydrogen-bond acceptors (Lipinski definition) is 3. The third kappa shape index (κ3) is 2.99. The van der Waals surface area contributed by atoms with E-state index in [1.807, 2.05) is 23.9 Å². The van der Waals surface area contributed by atoms with Crippen LogP contribution in [0.5, 0.6) is 0 Å². The Balaban J connectivity index is 2.49. The zero-order valence-electron chi connectivity index (χ0n) is 10.3. The molecule has 0 atom stereocenters. The number of thioether (sulfide) groups is 1. The Kier molecular flexibility index (Phi) is 4.02. The first kappa shape index (κ1) is 12.4. The normalized spacial score (nSPS) is 11.3. The maximum absolute atomic E-state index is 5.67. The molecule has 90 valence electrons. The molecule has 2 aromatic rings.